The number of amides is 1. The van der Waals surface area contributed by atoms with Gasteiger partial charge in [-0.1, -0.05) is 18.1 Å². The molecule has 1 fully saturated rings. The Morgan fingerprint density at radius 1 is 1.31 bits per heavy atom. The van der Waals surface area contributed by atoms with Crippen LogP contribution in [0.25, 0.3) is 27.4 Å². The van der Waals surface area contributed by atoms with Crippen LogP contribution in [0.4, 0.5) is 0 Å². The number of aromatic amines is 1. The molecule has 0 radical (unpaired) electrons. The molecule has 0 bridgehead atoms. The number of nitriles is 1. The van der Waals surface area contributed by atoms with Crippen molar-refractivity contribution in [2.24, 2.45) is 5.11 Å². The van der Waals surface area contributed by atoms with Crippen LogP contribution in [0, 0.1) is 18.3 Å². The van der Waals surface area contributed by atoms with E-state index in [4.69, 9.17) is 10.8 Å². The van der Waals surface area contributed by atoms with E-state index in [1.165, 1.54) is 10.9 Å². The smallest absolute Gasteiger partial charge is 0.280 e. The summed E-state index contributed by atoms with van der Waals surface area (Å²) in [4.78, 5) is 37.2. The average Bonchev–Trinajstić information content (AvgIpc) is 3.27. The van der Waals surface area contributed by atoms with E-state index in [2.05, 4.69) is 31.1 Å². The van der Waals surface area contributed by atoms with Gasteiger partial charge in [0.15, 0.2) is 5.82 Å². The van der Waals surface area contributed by atoms with Gasteiger partial charge in [-0.15, -0.1) is 0 Å². The van der Waals surface area contributed by atoms with Crippen LogP contribution >= 0.6 is 0 Å². The van der Waals surface area contributed by atoms with Crippen molar-refractivity contribution in [1.29, 1.82) is 5.26 Å². The number of benzene rings is 1. The molecule has 0 saturated carbocycles. The van der Waals surface area contributed by atoms with Gasteiger partial charge in [0.1, 0.15) is 0 Å². The van der Waals surface area contributed by atoms with Gasteiger partial charge in [-0.3, -0.25) is 19.6 Å². The minimum absolute atomic E-state index is 0.0255. The highest BCUT2D eigenvalue weighted by Crippen LogP contribution is 2.21. The van der Waals surface area contributed by atoms with Crippen molar-refractivity contribution in [3.05, 3.63) is 80.2 Å². The summed E-state index contributed by atoms with van der Waals surface area (Å²) in [5, 5.41) is 15.7. The van der Waals surface area contributed by atoms with Crippen molar-refractivity contribution < 1.29 is 4.79 Å². The molecule has 35 heavy (non-hydrogen) atoms. The monoisotopic (exact) mass is 471 g/mol. The fraction of sp³-hybridized carbons (Fsp3) is 0.333. The zero-order chi connectivity index (χ0) is 24.9. The highest BCUT2D eigenvalue weighted by molar-refractivity contribution is 5.94. The number of H-pyrrole nitrogens is 1. The maximum atomic E-state index is 13.1. The molecule has 1 aromatic carbocycles. The number of carbonyl (C=O) groups excluding carboxylic acids is 1. The second-order valence-corrected chi connectivity index (χ2v) is 8.32. The van der Waals surface area contributed by atoms with Gasteiger partial charge in [0, 0.05) is 49.5 Å². The first-order valence-electron chi connectivity index (χ1n) is 11.3. The van der Waals surface area contributed by atoms with E-state index in [0.29, 0.717) is 48.7 Å². The molecule has 4 rings (SSSR count). The number of carbonyl (C=O) groups is 1. The molecule has 3 aromatic rings. The summed E-state index contributed by atoms with van der Waals surface area (Å²) in [6.07, 6.45) is 3.07. The fourth-order valence-electron chi connectivity index (χ4n) is 4.39. The summed E-state index contributed by atoms with van der Waals surface area (Å²) in [5.41, 5.74) is 11.4. The number of hydrogen-bond donors (Lipinski definition) is 1. The molecule has 11 heteroatoms. The molecule has 1 saturated heterocycles. The molecule has 2 aromatic heterocycles. The second-order valence-electron chi connectivity index (χ2n) is 8.32. The first-order valence-corrected chi connectivity index (χ1v) is 11.3. The molecule has 3 heterocycles. The number of aryl methyl sites for hydroxylation is 1. The topological polar surface area (TPSA) is 147 Å². The van der Waals surface area contributed by atoms with Crippen LogP contribution in [-0.2, 0) is 0 Å². The van der Waals surface area contributed by atoms with Crippen molar-refractivity contribution in [2.45, 2.75) is 19.9 Å². The number of nitrogens with zero attached hydrogens (tertiary/aromatic N) is 8. The zero-order valence-corrected chi connectivity index (χ0v) is 19.5. The summed E-state index contributed by atoms with van der Waals surface area (Å²) in [5.74, 6) is 0.208. The molecule has 1 aliphatic rings. The number of piperazine rings is 1. The van der Waals surface area contributed by atoms with Crippen molar-refractivity contribution >= 4 is 5.91 Å². The number of aromatic nitrogens is 3. The number of pyridine rings is 1. The van der Waals surface area contributed by atoms with Crippen LogP contribution in [0.5, 0.6) is 0 Å². The molecular weight excluding hydrogens is 446 g/mol. The van der Waals surface area contributed by atoms with Crippen LogP contribution in [0.1, 0.15) is 28.4 Å². The number of nitrogens with one attached hydrogen (secondary N) is 1. The quantitative estimate of drug-likeness (QED) is 0.333. The highest BCUT2D eigenvalue weighted by Gasteiger charge is 2.29. The van der Waals surface area contributed by atoms with Crippen molar-refractivity contribution in [3.8, 4) is 23.0 Å². The van der Waals surface area contributed by atoms with Crippen molar-refractivity contribution in [3.63, 3.8) is 0 Å². The Morgan fingerprint density at radius 2 is 2.14 bits per heavy atom. The first kappa shape index (κ1) is 23.8. The van der Waals surface area contributed by atoms with Gasteiger partial charge < -0.3 is 4.90 Å². The molecule has 0 aliphatic carbocycles. The third-order valence-corrected chi connectivity index (χ3v) is 6.29. The van der Waals surface area contributed by atoms with Crippen LogP contribution in [0.15, 0.2) is 52.6 Å². The maximum absolute atomic E-state index is 13.1. The predicted octanol–water partition coefficient (Wildman–Crippen LogP) is 2.86. The normalized spacial score (nSPS) is 15.9. The first-order chi connectivity index (χ1) is 17.0. The van der Waals surface area contributed by atoms with E-state index in [-0.39, 0.29) is 17.5 Å². The van der Waals surface area contributed by atoms with Gasteiger partial charge >= 0.3 is 0 Å². The SMILES string of the molecule is CCN1CCN(C(=O)c2ccc(-n3[nH]cc(-c4ccc(C#N)cc4C)c3=O)nc2)C[C@H]1CN=[N+]=[N-]. The number of likely N-dealkylation sites (N-methyl/N-ethyl adjacent to an activating group) is 1. The van der Waals surface area contributed by atoms with Crippen LogP contribution in [0.2, 0.25) is 0 Å². The Morgan fingerprint density at radius 3 is 2.80 bits per heavy atom. The van der Waals surface area contributed by atoms with E-state index < -0.39 is 0 Å². The molecule has 1 atom stereocenters. The number of hydrogen-bond acceptors (Lipinski definition) is 6. The van der Waals surface area contributed by atoms with Crippen molar-refractivity contribution in [1.82, 2.24) is 24.6 Å². The lowest BCUT2D eigenvalue weighted by Crippen LogP contribution is -2.55. The van der Waals surface area contributed by atoms with Gasteiger partial charge in [-0.2, -0.15) is 5.26 Å². The van der Waals surface area contributed by atoms with Gasteiger partial charge in [-0.05, 0) is 54.4 Å². The minimum atomic E-state index is -0.277. The molecule has 1 N–H and O–H groups in total. The molecular formula is C24H25N9O2. The van der Waals surface area contributed by atoms with Gasteiger partial charge in [-0.25, -0.2) is 9.67 Å². The summed E-state index contributed by atoms with van der Waals surface area (Å²) in [7, 11) is 0. The Kier molecular flexibility index (Phi) is 6.96. The number of rotatable bonds is 6. The average molecular weight is 472 g/mol. The van der Waals surface area contributed by atoms with Crippen LogP contribution < -0.4 is 5.56 Å². The Bertz CT molecular complexity index is 1380. The maximum Gasteiger partial charge on any atom is 0.280 e. The summed E-state index contributed by atoms with van der Waals surface area (Å²) < 4.78 is 1.32. The van der Waals surface area contributed by atoms with E-state index in [1.807, 2.05) is 13.8 Å². The van der Waals surface area contributed by atoms with E-state index >= 15 is 0 Å². The zero-order valence-electron chi connectivity index (χ0n) is 19.5. The van der Waals surface area contributed by atoms with E-state index in [1.54, 1.807) is 41.4 Å². The standard InChI is InChI=1S/C24H25N9O2/c1-3-31-8-9-32(15-19(31)13-28-30-26)23(34)18-5-7-22(27-12-18)33-24(35)21(14-29-33)20-6-4-17(11-25)10-16(20)2/h4-7,10,12,14,19,29H,3,8-9,13,15H2,1-2H3/t19-/m1/s1. The number of azide groups is 1. The van der Waals surface area contributed by atoms with Crippen molar-refractivity contribution in [2.75, 3.05) is 32.7 Å². The molecule has 178 valence electrons. The molecule has 11 nitrogen and oxygen atoms in total. The van der Waals surface area contributed by atoms with Crippen LogP contribution in [0.3, 0.4) is 0 Å². The van der Waals surface area contributed by atoms with E-state index in [0.717, 1.165) is 17.7 Å². The largest absolute Gasteiger partial charge is 0.336 e. The molecule has 1 aliphatic heterocycles. The van der Waals surface area contributed by atoms with Gasteiger partial charge in [0.2, 0.25) is 0 Å². The summed E-state index contributed by atoms with van der Waals surface area (Å²) in [6.45, 7) is 6.76. The Labute approximate surface area is 201 Å². The second kappa shape index (κ2) is 10.3. The highest BCUT2D eigenvalue weighted by atomic mass is 16.2. The fourth-order valence-corrected chi connectivity index (χ4v) is 4.39. The minimum Gasteiger partial charge on any atom is -0.336 e. The lowest BCUT2D eigenvalue weighted by Gasteiger charge is -2.40. The van der Waals surface area contributed by atoms with Crippen LogP contribution in [-0.4, -0.2) is 69.2 Å². The Hall–Kier alpha value is -4.39. The lowest BCUT2D eigenvalue weighted by atomic mass is 10.0. The van der Waals surface area contributed by atoms with E-state index in [9.17, 15) is 9.59 Å². The molecule has 1 amide bonds. The van der Waals surface area contributed by atoms with Gasteiger partial charge in [0.25, 0.3) is 11.5 Å². The third kappa shape index (κ3) is 4.80. The van der Waals surface area contributed by atoms with Gasteiger partial charge in [0.05, 0.1) is 22.8 Å². The summed E-state index contributed by atoms with van der Waals surface area (Å²) in [6, 6.07) is 10.5. The lowest BCUT2D eigenvalue weighted by molar-refractivity contribution is 0.0512. The molecule has 0 unspecified atom stereocenters. The summed E-state index contributed by atoms with van der Waals surface area (Å²) >= 11 is 0. The Balaban J connectivity index is 1.53. The predicted molar refractivity (Wildman–Crippen MR) is 130 cm³/mol. The third-order valence-electron chi connectivity index (χ3n) is 6.29. The molecule has 0 spiro atoms.